The van der Waals surface area contributed by atoms with Crippen LogP contribution >= 0.6 is 0 Å². The molecule has 0 heterocycles. The molecule has 2 aromatic rings. The molecule has 0 saturated carbocycles. The molecule has 0 aliphatic heterocycles. The van der Waals surface area contributed by atoms with Gasteiger partial charge in [0.25, 0.3) is 0 Å². The molecular weight excluding hydrogens is 208 g/mol. The van der Waals surface area contributed by atoms with Crippen molar-refractivity contribution in [3.05, 3.63) is 65.7 Å². The summed E-state index contributed by atoms with van der Waals surface area (Å²) in [6.45, 7) is 0. The zero-order valence-electron chi connectivity index (χ0n) is 8.40. The lowest BCUT2D eigenvalue weighted by atomic mass is 10.2. The highest BCUT2D eigenvalue weighted by atomic mass is 19.1. The van der Waals surface area contributed by atoms with Crippen LogP contribution < -0.4 is 0 Å². The number of rotatable bonds is 2. The summed E-state index contributed by atoms with van der Waals surface area (Å²) in [4.78, 5) is 3.95. The molecule has 80 valence electrons. The fourth-order valence-electron chi connectivity index (χ4n) is 1.29. The van der Waals surface area contributed by atoms with Gasteiger partial charge in [-0.3, -0.25) is 4.99 Å². The first-order valence-electron chi connectivity index (χ1n) is 4.80. The Labute approximate surface area is 92.1 Å². The van der Waals surface area contributed by atoms with E-state index in [1.54, 1.807) is 30.3 Å². The van der Waals surface area contributed by atoms with Gasteiger partial charge >= 0.3 is 0 Å². The Morgan fingerprint density at radius 1 is 0.938 bits per heavy atom. The van der Waals surface area contributed by atoms with Crippen LogP contribution in [-0.4, -0.2) is 6.21 Å². The molecule has 16 heavy (non-hydrogen) atoms. The molecule has 0 saturated heterocycles. The minimum absolute atomic E-state index is 0.242. The summed E-state index contributed by atoms with van der Waals surface area (Å²) in [7, 11) is 0. The van der Waals surface area contributed by atoms with Gasteiger partial charge < -0.3 is 0 Å². The van der Waals surface area contributed by atoms with Gasteiger partial charge in [-0.1, -0.05) is 24.3 Å². The molecule has 0 amide bonds. The third kappa shape index (κ3) is 2.51. The summed E-state index contributed by atoms with van der Waals surface area (Å²) in [6.07, 6.45) is 1.43. The van der Waals surface area contributed by atoms with Crippen molar-refractivity contribution in [2.45, 2.75) is 0 Å². The van der Waals surface area contributed by atoms with Crippen LogP contribution in [0.15, 0.2) is 53.5 Å². The Morgan fingerprint density at radius 3 is 2.50 bits per heavy atom. The van der Waals surface area contributed by atoms with Crippen LogP contribution in [0.25, 0.3) is 0 Å². The van der Waals surface area contributed by atoms with Crippen LogP contribution in [0.1, 0.15) is 5.56 Å². The van der Waals surface area contributed by atoms with Crippen LogP contribution in [0, 0.1) is 11.6 Å². The molecule has 2 rings (SSSR count). The first-order valence-corrected chi connectivity index (χ1v) is 4.80. The smallest absolute Gasteiger partial charge is 0.148 e. The van der Waals surface area contributed by atoms with E-state index in [9.17, 15) is 8.78 Å². The minimum atomic E-state index is -0.393. The van der Waals surface area contributed by atoms with Crippen LogP contribution in [0.5, 0.6) is 0 Å². The zero-order valence-corrected chi connectivity index (χ0v) is 8.40. The molecule has 3 heteroatoms. The highest BCUT2D eigenvalue weighted by molar-refractivity contribution is 5.81. The predicted octanol–water partition coefficient (Wildman–Crippen LogP) is 3.72. The van der Waals surface area contributed by atoms with Gasteiger partial charge in [0.05, 0.1) is 5.69 Å². The quantitative estimate of drug-likeness (QED) is 0.680. The third-order valence-electron chi connectivity index (χ3n) is 2.05. The van der Waals surface area contributed by atoms with Gasteiger partial charge in [0.1, 0.15) is 11.6 Å². The molecule has 0 radical (unpaired) electrons. The van der Waals surface area contributed by atoms with E-state index in [-0.39, 0.29) is 11.5 Å². The van der Waals surface area contributed by atoms with Gasteiger partial charge in [-0.05, 0) is 29.8 Å². The SMILES string of the molecule is Fc1cccc(/C=N/c2ccccc2F)c1. The second kappa shape index (κ2) is 4.66. The molecule has 0 N–H and O–H groups in total. The standard InChI is InChI=1S/C13H9F2N/c14-11-5-3-4-10(8-11)9-16-13-7-2-1-6-12(13)15/h1-9H/b16-9+. The van der Waals surface area contributed by atoms with E-state index in [4.69, 9.17) is 0 Å². The average Bonchev–Trinajstić information content (AvgIpc) is 2.28. The Morgan fingerprint density at radius 2 is 1.75 bits per heavy atom. The Bertz CT molecular complexity index is 521. The third-order valence-corrected chi connectivity index (χ3v) is 2.05. The lowest BCUT2D eigenvalue weighted by Crippen LogP contribution is -1.83. The number of para-hydroxylation sites is 1. The summed E-state index contributed by atoms with van der Waals surface area (Å²) < 4.78 is 26.0. The zero-order chi connectivity index (χ0) is 11.4. The van der Waals surface area contributed by atoms with E-state index < -0.39 is 5.82 Å². The van der Waals surface area contributed by atoms with Gasteiger partial charge in [0.15, 0.2) is 0 Å². The van der Waals surface area contributed by atoms with Gasteiger partial charge in [0.2, 0.25) is 0 Å². The molecule has 0 fully saturated rings. The lowest BCUT2D eigenvalue weighted by Gasteiger charge is -1.95. The maximum absolute atomic E-state index is 13.2. The second-order valence-electron chi connectivity index (χ2n) is 3.26. The van der Waals surface area contributed by atoms with Gasteiger partial charge in [-0.15, -0.1) is 0 Å². The van der Waals surface area contributed by atoms with E-state index >= 15 is 0 Å². The molecule has 0 aliphatic carbocycles. The van der Waals surface area contributed by atoms with Gasteiger partial charge in [0, 0.05) is 6.21 Å². The summed E-state index contributed by atoms with van der Waals surface area (Å²) in [5.41, 5.74) is 0.843. The number of nitrogens with zero attached hydrogens (tertiary/aromatic N) is 1. The molecule has 0 spiro atoms. The predicted molar refractivity (Wildman–Crippen MR) is 60.1 cm³/mol. The van der Waals surface area contributed by atoms with Crippen molar-refractivity contribution in [2.24, 2.45) is 4.99 Å². The summed E-state index contributed by atoms with van der Waals surface area (Å²) >= 11 is 0. The summed E-state index contributed by atoms with van der Waals surface area (Å²) in [5, 5.41) is 0. The average molecular weight is 217 g/mol. The second-order valence-corrected chi connectivity index (χ2v) is 3.26. The molecule has 0 bridgehead atoms. The highest BCUT2D eigenvalue weighted by Gasteiger charge is 1.96. The highest BCUT2D eigenvalue weighted by Crippen LogP contribution is 2.16. The van der Waals surface area contributed by atoms with Crippen molar-refractivity contribution < 1.29 is 8.78 Å². The van der Waals surface area contributed by atoms with E-state index in [0.29, 0.717) is 5.56 Å². The van der Waals surface area contributed by atoms with Crippen molar-refractivity contribution in [3.8, 4) is 0 Å². The van der Waals surface area contributed by atoms with Gasteiger partial charge in [-0.25, -0.2) is 8.78 Å². The molecule has 0 atom stereocenters. The van der Waals surface area contributed by atoms with E-state index in [2.05, 4.69) is 4.99 Å². The van der Waals surface area contributed by atoms with Crippen molar-refractivity contribution in [2.75, 3.05) is 0 Å². The van der Waals surface area contributed by atoms with E-state index in [1.165, 1.54) is 24.4 Å². The first kappa shape index (κ1) is 10.5. The van der Waals surface area contributed by atoms with Crippen molar-refractivity contribution in [3.63, 3.8) is 0 Å². The number of aliphatic imine (C=N–C) groups is 1. The lowest BCUT2D eigenvalue weighted by molar-refractivity contribution is 0.627. The Kier molecular flexibility index (Phi) is 3.05. The van der Waals surface area contributed by atoms with Gasteiger partial charge in [-0.2, -0.15) is 0 Å². The number of hydrogen-bond acceptors (Lipinski definition) is 1. The normalized spacial score (nSPS) is 10.9. The van der Waals surface area contributed by atoms with E-state index in [0.717, 1.165) is 0 Å². The van der Waals surface area contributed by atoms with Crippen molar-refractivity contribution in [1.82, 2.24) is 0 Å². The molecule has 0 unspecified atom stereocenters. The fraction of sp³-hybridized carbons (Fsp3) is 0. The topological polar surface area (TPSA) is 12.4 Å². The fourth-order valence-corrected chi connectivity index (χ4v) is 1.29. The monoisotopic (exact) mass is 217 g/mol. The largest absolute Gasteiger partial charge is 0.253 e. The first-order chi connectivity index (χ1) is 7.75. The number of hydrogen-bond donors (Lipinski definition) is 0. The maximum atomic E-state index is 13.2. The Balaban J connectivity index is 2.25. The van der Waals surface area contributed by atoms with Crippen molar-refractivity contribution in [1.29, 1.82) is 0 Å². The summed E-state index contributed by atoms with van der Waals surface area (Å²) in [6, 6.07) is 12.2. The number of halogens is 2. The van der Waals surface area contributed by atoms with Crippen molar-refractivity contribution >= 4 is 11.9 Å². The molecule has 1 nitrogen and oxygen atoms in total. The number of benzene rings is 2. The molecule has 0 aromatic heterocycles. The molecule has 0 aliphatic rings. The van der Waals surface area contributed by atoms with Crippen LogP contribution in [0.4, 0.5) is 14.5 Å². The van der Waals surface area contributed by atoms with Crippen LogP contribution in [0.3, 0.4) is 0 Å². The minimum Gasteiger partial charge on any atom is -0.253 e. The molecular formula is C13H9F2N. The summed E-state index contributed by atoms with van der Waals surface area (Å²) in [5.74, 6) is -0.729. The Hall–Kier alpha value is -2.03. The molecule has 2 aromatic carbocycles. The maximum Gasteiger partial charge on any atom is 0.148 e. The van der Waals surface area contributed by atoms with Crippen LogP contribution in [-0.2, 0) is 0 Å². The van der Waals surface area contributed by atoms with E-state index in [1.807, 2.05) is 0 Å². The van der Waals surface area contributed by atoms with Crippen LogP contribution in [0.2, 0.25) is 0 Å².